The molecule has 0 bridgehead atoms. The van der Waals surface area contributed by atoms with Gasteiger partial charge in [-0.25, -0.2) is 0 Å². The lowest BCUT2D eigenvalue weighted by molar-refractivity contribution is -0.156. The molecule has 0 N–H and O–H groups in total. The molecular formula is C18H36NO2. The molecule has 125 valence electrons. The minimum absolute atomic E-state index is 0.126. The maximum atomic E-state index is 11.9. The van der Waals surface area contributed by atoms with Crippen molar-refractivity contribution in [3.63, 3.8) is 0 Å². The molecule has 0 aromatic heterocycles. The van der Waals surface area contributed by atoms with Crippen LogP contribution in [0.5, 0.6) is 0 Å². The molecule has 0 amide bonds. The molecule has 0 heterocycles. The van der Waals surface area contributed by atoms with E-state index in [0.717, 1.165) is 25.9 Å². The summed E-state index contributed by atoms with van der Waals surface area (Å²) in [6.45, 7) is 14.1. The van der Waals surface area contributed by atoms with Crippen LogP contribution < -0.4 is 0 Å². The van der Waals surface area contributed by atoms with E-state index >= 15 is 0 Å². The van der Waals surface area contributed by atoms with E-state index in [1.54, 1.807) is 0 Å². The number of carbonyl (C=O) groups excluding carboxylic acids is 1. The van der Waals surface area contributed by atoms with E-state index in [4.69, 9.17) is 4.74 Å². The molecule has 3 nitrogen and oxygen atoms in total. The van der Waals surface area contributed by atoms with Crippen molar-refractivity contribution >= 4 is 5.97 Å². The minimum atomic E-state index is -0.396. The average molecular weight is 298 g/mol. The van der Waals surface area contributed by atoms with Crippen molar-refractivity contribution in [1.29, 1.82) is 0 Å². The normalized spacial score (nSPS) is 11.9. The van der Waals surface area contributed by atoms with Gasteiger partial charge in [-0.1, -0.05) is 52.4 Å². The van der Waals surface area contributed by atoms with Crippen molar-refractivity contribution in [3.8, 4) is 0 Å². The first kappa shape index (κ1) is 20.4. The molecule has 0 aliphatic rings. The number of hydrogen-bond donors (Lipinski definition) is 0. The molecule has 0 unspecified atom stereocenters. The third-order valence-corrected chi connectivity index (χ3v) is 3.32. The molecule has 0 rings (SSSR count). The molecule has 0 saturated heterocycles. The second-order valence-electron chi connectivity index (χ2n) is 6.84. The molecule has 0 aromatic rings. The molecule has 21 heavy (non-hydrogen) atoms. The zero-order valence-corrected chi connectivity index (χ0v) is 14.7. The first-order valence-electron chi connectivity index (χ1n) is 8.62. The van der Waals surface area contributed by atoms with E-state index < -0.39 is 5.60 Å². The Labute approximate surface area is 132 Å². The molecule has 0 aromatic carbocycles. The highest BCUT2D eigenvalue weighted by atomic mass is 16.6. The lowest BCUT2D eigenvalue weighted by Crippen LogP contribution is -2.36. The predicted octanol–water partition coefficient (Wildman–Crippen LogP) is 4.60. The number of hydrogen-bond acceptors (Lipinski definition) is 3. The molecule has 0 spiro atoms. The minimum Gasteiger partial charge on any atom is -0.459 e. The first-order valence-corrected chi connectivity index (χ1v) is 8.62. The quantitative estimate of drug-likeness (QED) is 0.389. The van der Waals surface area contributed by atoms with Gasteiger partial charge >= 0.3 is 5.97 Å². The van der Waals surface area contributed by atoms with Crippen LogP contribution in [0, 0.1) is 6.92 Å². The van der Waals surface area contributed by atoms with E-state index in [0.29, 0.717) is 6.54 Å². The highest BCUT2D eigenvalue weighted by Crippen LogP contribution is 2.10. The van der Waals surface area contributed by atoms with Gasteiger partial charge in [-0.15, -0.1) is 0 Å². The maximum absolute atomic E-state index is 11.9. The Morgan fingerprint density at radius 2 is 1.57 bits per heavy atom. The highest BCUT2D eigenvalue weighted by molar-refractivity contribution is 5.72. The van der Waals surface area contributed by atoms with Crippen LogP contribution in [0.15, 0.2) is 0 Å². The Balaban J connectivity index is 3.83. The zero-order valence-electron chi connectivity index (χ0n) is 14.7. The van der Waals surface area contributed by atoms with Gasteiger partial charge in [0.2, 0.25) is 0 Å². The van der Waals surface area contributed by atoms with Crippen molar-refractivity contribution in [3.05, 3.63) is 6.92 Å². The molecule has 0 fully saturated rings. The van der Waals surface area contributed by atoms with Gasteiger partial charge in [0.1, 0.15) is 5.60 Å². The highest BCUT2D eigenvalue weighted by Gasteiger charge is 2.18. The predicted molar refractivity (Wildman–Crippen MR) is 90.3 cm³/mol. The second kappa shape index (κ2) is 12.0. The van der Waals surface area contributed by atoms with Crippen LogP contribution in [0.1, 0.15) is 79.1 Å². The number of carbonyl (C=O) groups is 1. The van der Waals surface area contributed by atoms with E-state index in [-0.39, 0.29) is 5.97 Å². The standard InChI is InChI=1S/C18H36NO2/c1-6-8-9-10-11-12-13-15-19(14-7-2)16-17(20)21-18(3,4)5/h2,6-16H2,1,3-5H3. The van der Waals surface area contributed by atoms with Crippen LogP contribution in [-0.4, -0.2) is 36.1 Å². The maximum Gasteiger partial charge on any atom is 0.320 e. The van der Waals surface area contributed by atoms with Crippen molar-refractivity contribution in [2.24, 2.45) is 0 Å². The van der Waals surface area contributed by atoms with Gasteiger partial charge < -0.3 is 4.74 Å². The summed E-state index contributed by atoms with van der Waals surface area (Å²) in [4.78, 5) is 14.0. The first-order chi connectivity index (χ1) is 9.89. The summed E-state index contributed by atoms with van der Waals surface area (Å²) >= 11 is 0. The Morgan fingerprint density at radius 1 is 1.00 bits per heavy atom. The molecule has 0 atom stereocenters. The third kappa shape index (κ3) is 14.1. The Bertz CT molecular complexity index is 258. The van der Waals surface area contributed by atoms with Crippen molar-refractivity contribution in [2.75, 3.05) is 19.6 Å². The number of rotatable bonds is 12. The van der Waals surface area contributed by atoms with E-state index in [2.05, 4.69) is 18.7 Å². The molecule has 3 heteroatoms. The average Bonchev–Trinajstić information content (AvgIpc) is 2.35. The Morgan fingerprint density at radius 3 is 2.10 bits per heavy atom. The lowest BCUT2D eigenvalue weighted by atomic mass is 10.1. The molecule has 0 saturated carbocycles. The van der Waals surface area contributed by atoms with Gasteiger partial charge in [0.25, 0.3) is 0 Å². The molecule has 0 aliphatic heterocycles. The summed E-state index contributed by atoms with van der Waals surface area (Å²) in [5, 5.41) is 0. The number of ether oxygens (including phenoxy) is 1. The number of unbranched alkanes of at least 4 members (excludes halogenated alkanes) is 6. The van der Waals surface area contributed by atoms with Gasteiger partial charge in [0.15, 0.2) is 0 Å². The second-order valence-corrected chi connectivity index (χ2v) is 6.84. The van der Waals surface area contributed by atoms with Crippen LogP contribution in [0.2, 0.25) is 0 Å². The van der Waals surface area contributed by atoms with Crippen LogP contribution in [0.4, 0.5) is 0 Å². The van der Waals surface area contributed by atoms with E-state index in [9.17, 15) is 4.79 Å². The summed E-state index contributed by atoms with van der Waals surface area (Å²) in [6, 6.07) is 0. The summed E-state index contributed by atoms with van der Waals surface area (Å²) in [6.07, 6.45) is 9.91. The van der Waals surface area contributed by atoms with Crippen LogP contribution >= 0.6 is 0 Å². The van der Waals surface area contributed by atoms with Crippen LogP contribution in [-0.2, 0) is 9.53 Å². The Kier molecular flexibility index (Phi) is 11.7. The smallest absolute Gasteiger partial charge is 0.320 e. The fraction of sp³-hybridized carbons (Fsp3) is 0.889. The summed E-state index contributed by atoms with van der Waals surface area (Å²) in [5.74, 6) is -0.126. The van der Waals surface area contributed by atoms with Gasteiger partial charge in [0, 0.05) is 0 Å². The van der Waals surface area contributed by atoms with Gasteiger partial charge in [-0.3, -0.25) is 9.69 Å². The summed E-state index contributed by atoms with van der Waals surface area (Å²) < 4.78 is 5.39. The zero-order chi connectivity index (χ0) is 16.1. The van der Waals surface area contributed by atoms with Gasteiger partial charge in [-0.05, 0) is 46.7 Å². The van der Waals surface area contributed by atoms with Crippen LogP contribution in [0.25, 0.3) is 0 Å². The number of esters is 1. The third-order valence-electron chi connectivity index (χ3n) is 3.32. The fourth-order valence-electron chi connectivity index (χ4n) is 2.34. The number of nitrogens with zero attached hydrogens (tertiary/aromatic N) is 1. The molecule has 1 radical (unpaired) electrons. The fourth-order valence-corrected chi connectivity index (χ4v) is 2.34. The summed E-state index contributed by atoms with van der Waals surface area (Å²) in [5.41, 5.74) is -0.396. The van der Waals surface area contributed by atoms with E-state index in [1.807, 2.05) is 20.8 Å². The van der Waals surface area contributed by atoms with Gasteiger partial charge in [0.05, 0.1) is 6.54 Å². The monoisotopic (exact) mass is 298 g/mol. The largest absolute Gasteiger partial charge is 0.459 e. The van der Waals surface area contributed by atoms with Gasteiger partial charge in [-0.2, -0.15) is 0 Å². The summed E-state index contributed by atoms with van der Waals surface area (Å²) in [7, 11) is 0. The van der Waals surface area contributed by atoms with Crippen LogP contribution in [0.3, 0.4) is 0 Å². The van der Waals surface area contributed by atoms with Crippen molar-refractivity contribution in [2.45, 2.75) is 84.7 Å². The van der Waals surface area contributed by atoms with E-state index in [1.165, 1.54) is 38.5 Å². The topological polar surface area (TPSA) is 29.5 Å². The Hall–Kier alpha value is -0.570. The van der Waals surface area contributed by atoms with Crippen molar-refractivity contribution < 1.29 is 9.53 Å². The molecular weight excluding hydrogens is 262 g/mol. The lowest BCUT2D eigenvalue weighted by Gasteiger charge is -2.24. The molecule has 0 aliphatic carbocycles. The SMILES string of the molecule is [CH2]CCN(CCCCCCCCC)CC(=O)OC(C)(C)C. The van der Waals surface area contributed by atoms with Crippen molar-refractivity contribution in [1.82, 2.24) is 4.90 Å².